The molecule has 2 N–H and O–H groups in total. The number of anilines is 1. The fraction of sp³-hybridized carbons (Fsp3) is 0.667. The minimum absolute atomic E-state index is 0.358. The number of aliphatic hydroxyl groups is 1. The monoisotopic (exact) mass is 291 g/mol. The molecule has 3 nitrogen and oxygen atoms in total. The van der Waals surface area contributed by atoms with Crippen LogP contribution in [0.15, 0.2) is 24.3 Å². The second-order valence-corrected chi connectivity index (χ2v) is 6.37. The predicted octanol–water partition coefficient (Wildman–Crippen LogP) is 3.93. The quantitative estimate of drug-likeness (QED) is 0.799. The van der Waals surface area contributed by atoms with Crippen LogP contribution in [-0.4, -0.2) is 30.5 Å². The highest BCUT2D eigenvalue weighted by molar-refractivity contribution is 5.52. The molecule has 1 aliphatic rings. The van der Waals surface area contributed by atoms with Crippen molar-refractivity contribution in [2.75, 3.05) is 18.5 Å². The SMILES string of the molecule is CC(C)c1ccccc1NCC(O)COC1CCCCC1. The van der Waals surface area contributed by atoms with E-state index in [-0.39, 0.29) is 0 Å². The maximum Gasteiger partial charge on any atom is 0.0945 e. The second kappa shape index (κ2) is 8.40. The fourth-order valence-electron chi connectivity index (χ4n) is 2.93. The van der Waals surface area contributed by atoms with Crippen LogP contribution in [-0.2, 0) is 4.74 Å². The second-order valence-electron chi connectivity index (χ2n) is 6.37. The Morgan fingerprint density at radius 3 is 2.62 bits per heavy atom. The highest BCUT2D eigenvalue weighted by Gasteiger charge is 2.15. The topological polar surface area (TPSA) is 41.5 Å². The van der Waals surface area contributed by atoms with E-state index in [2.05, 4.69) is 37.4 Å². The van der Waals surface area contributed by atoms with Crippen LogP contribution in [0.25, 0.3) is 0 Å². The number of rotatable bonds is 7. The molecule has 1 saturated carbocycles. The lowest BCUT2D eigenvalue weighted by Gasteiger charge is -2.24. The Morgan fingerprint density at radius 2 is 1.90 bits per heavy atom. The normalized spacial score (nSPS) is 17.9. The molecular formula is C18H29NO2. The molecule has 1 fully saturated rings. The van der Waals surface area contributed by atoms with Crippen molar-refractivity contribution in [3.05, 3.63) is 29.8 Å². The molecule has 1 aromatic carbocycles. The van der Waals surface area contributed by atoms with Crippen LogP contribution >= 0.6 is 0 Å². The first-order chi connectivity index (χ1) is 10.2. The van der Waals surface area contributed by atoms with Gasteiger partial charge in [0.25, 0.3) is 0 Å². The first-order valence-corrected chi connectivity index (χ1v) is 8.29. The van der Waals surface area contributed by atoms with Gasteiger partial charge in [-0.2, -0.15) is 0 Å². The molecule has 2 rings (SSSR count). The number of nitrogens with one attached hydrogen (secondary N) is 1. The van der Waals surface area contributed by atoms with E-state index in [0.29, 0.717) is 25.2 Å². The summed E-state index contributed by atoms with van der Waals surface area (Å²) in [4.78, 5) is 0. The zero-order valence-corrected chi connectivity index (χ0v) is 13.3. The van der Waals surface area contributed by atoms with E-state index in [1.165, 1.54) is 24.8 Å². The third-order valence-corrected chi connectivity index (χ3v) is 4.19. The van der Waals surface area contributed by atoms with Gasteiger partial charge in [0.05, 0.1) is 18.8 Å². The Balaban J connectivity index is 1.74. The molecule has 1 aliphatic carbocycles. The van der Waals surface area contributed by atoms with Crippen LogP contribution in [0.2, 0.25) is 0 Å². The summed E-state index contributed by atoms with van der Waals surface area (Å²) in [6.07, 6.45) is 6.06. The van der Waals surface area contributed by atoms with E-state index in [9.17, 15) is 5.11 Å². The Morgan fingerprint density at radius 1 is 1.19 bits per heavy atom. The number of hydrogen-bond acceptors (Lipinski definition) is 3. The van der Waals surface area contributed by atoms with Crippen molar-refractivity contribution in [3.63, 3.8) is 0 Å². The molecule has 0 amide bonds. The molecule has 0 aromatic heterocycles. The smallest absolute Gasteiger partial charge is 0.0945 e. The van der Waals surface area contributed by atoms with E-state index in [0.717, 1.165) is 18.5 Å². The van der Waals surface area contributed by atoms with Crippen LogP contribution in [0, 0.1) is 0 Å². The minimum atomic E-state index is -0.452. The van der Waals surface area contributed by atoms with Crippen LogP contribution in [0.4, 0.5) is 5.69 Å². The minimum Gasteiger partial charge on any atom is -0.389 e. The maximum absolute atomic E-state index is 10.1. The fourth-order valence-corrected chi connectivity index (χ4v) is 2.93. The summed E-state index contributed by atoms with van der Waals surface area (Å²) in [6.45, 7) is 5.34. The summed E-state index contributed by atoms with van der Waals surface area (Å²) in [7, 11) is 0. The lowest BCUT2D eigenvalue weighted by Crippen LogP contribution is -2.28. The molecule has 0 heterocycles. The third kappa shape index (κ3) is 5.33. The van der Waals surface area contributed by atoms with Crippen LogP contribution in [0.1, 0.15) is 57.4 Å². The summed E-state index contributed by atoms with van der Waals surface area (Å²) < 4.78 is 5.82. The molecular weight excluding hydrogens is 262 g/mol. The number of ether oxygens (including phenoxy) is 1. The van der Waals surface area contributed by atoms with Crippen molar-refractivity contribution in [1.82, 2.24) is 0 Å². The Bertz CT molecular complexity index is 413. The number of aliphatic hydroxyl groups excluding tert-OH is 1. The van der Waals surface area contributed by atoms with Crippen molar-refractivity contribution in [2.45, 2.75) is 64.1 Å². The number of hydrogen-bond donors (Lipinski definition) is 2. The molecule has 0 bridgehead atoms. The standard InChI is InChI=1S/C18H29NO2/c1-14(2)17-10-6-7-11-18(17)19-12-15(20)13-21-16-8-4-3-5-9-16/h6-7,10-11,14-16,19-20H,3-5,8-9,12-13H2,1-2H3. The first-order valence-electron chi connectivity index (χ1n) is 8.29. The van der Waals surface area contributed by atoms with Crippen LogP contribution in [0.5, 0.6) is 0 Å². The van der Waals surface area contributed by atoms with E-state index in [4.69, 9.17) is 4.74 Å². The van der Waals surface area contributed by atoms with Gasteiger partial charge in [-0.25, -0.2) is 0 Å². The van der Waals surface area contributed by atoms with Crippen LogP contribution in [0.3, 0.4) is 0 Å². The molecule has 118 valence electrons. The number of para-hydroxylation sites is 1. The van der Waals surface area contributed by atoms with Gasteiger partial charge in [0.2, 0.25) is 0 Å². The molecule has 1 aromatic rings. The Labute approximate surface area is 128 Å². The van der Waals surface area contributed by atoms with Gasteiger partial charge in [-0.1, -0.05) is 51.3 Å². The Kier molecular flexibility index (Phi) is 6.52. The van der Waals surface area contributed by atoms with Crippen molar-refractivity contribution in [1.29, 1.82) is 0 Å². The summed E-state index contributed by atoms with van der Waals surface area (Å²) >= 11 is 0. The molecule has 1 unspecified atom stereocenters. The van der Waals surface area contributed by atoms with Crippen molar-refractivity contribution >= 4 is 5.69 Å². The van der Waals surface area contributed by atoms with Gasteiger partial charge in [0.1, 0.15) is 0 Å². The molecule has 0 saturated heterocycles. The third-order valence-electron chi connectivity index (χ3n) is 4.19. The summed E-state index contributed by atoms with van der Waals surface area (Å²) in [6, 6.07) is 8.30. The highest BCUT2D eigenvalue weighted by Crippen LogP contribution is 2.24. The molecule has 0 aliphatic heterocycles. The lowest BCUT2D eigenvalue weighted by molar-refractivity contribution is -0.0195. The van der Waals surface area contributed by atoms with Gasteiger partial charge in [0, 0.05) is 12.2 Å². The summed E-state index contributed by atoms with van der Waals surface area (Å²) in [5.41, 5.74) is 2.40. The van der Waals surface area contributed by atoms with E-state index in [1.54, 1.807) is 0 Å². The molecule has 0 spiro atoms. The lowest BCUT2D eigenvalue weighted by atomic mass is 9.98. The first kappa shape index (κ1) is 16.3. The average molecular weight is 291 g/mol. The zero-order valence-electron chi connectivity index (χ0n) is 13.3. The van der Waals surface area contributed by atoms with E-state index < -0.39 is 6.10 Å². The van der Waals surface area contributed by atoms with E-state index in [1.807, 2.05) is 6.07 Å². The average Bonchev–Trinajstić information content (AvgIpc) is 2.52. The maximum atomic E-state index is 10.1. The van der Waals surface area contributed by atoms with Gasteiger partial charge < -0.3 is 15.2 Å². The zero-order chi connectivity index (χ0) is 15.1. The van der Waals surface area contributed by atoms with Crippen LogP contribution < -0.4 is 5.32 Å². The largest absolute Gasteiger partial charge is 0.389 e. The van der Waals surface area contributed by atoms with Gasteiger partial charge in [0.15, 0.2) is 0 Å². The van der Waals surface area contributed by atoms with Crippen molar-refractivity contribution in [3.8, 4) is 0 Å². The van der Waals surface area contributed by atoms with Crippen molar-refractivity contribution < 1.29 is 9.84 Å². The summed E-state index contributed by atoms with van der Waals surface area (Å²) in [5.74, 6) is 0.476. The van der Waals surface area contributed by atoms with Crippen molar-refractivity contribution in [2.24, 2.45) is 0 Å². The van der Waals surface area contributed by atoms with Gasteiger partial charge in [-0.15, -0.1) is 0 Å². The predicted molar refractivity (Wildman–Crippen MR) is 87.9 cm³/mol. The highest BCUT2D eigenvalue weighted by atomic mass is 16.5. The molecule has 1 atom stereocenters. The molecule has 21 heavy (non-hydrogen) atoms. The number of benzene rings is 1. The van der Waals surface area contributed by atoms with Gasteiger partial charge in [-0.05, 0) is 30.4 Å². The van der Waals surface area contributed by atoms with Gasteiger partial charge in [-0.3, -0.25) is 0 Å². The van der Waals surface area contributed by atoms with Gasteiger partial charge >= 0.3 is 0 Å². The Hall–Kier alpha value is -1.06. The van der Waals surface area contributed by atoms with E-state index >= 15 is 0 Å². The molecule has 0 radical (unpaired) electrons. The molecule has 3 heteroatoms. The summed E-state index contributed by atoms with van der Waals surface area (Å²) in [5, 5.41) is 13.4.